The van der Waals surface area contributed by atoms with Gasteiger partial charge in [0.05, 0.1) is 0 Å². The Balaban J connectivity index is 2.16. The summed E-state index contributed by atoms with van der Waals surface area (Å²) in [6, 6.07) is 11.7. The minimum Gasteiger partial charge on any atom is -0.319 e. The van der Waals surface area contributed by atoms with Crippen molar-refractivity contribution in [2.75, 3.05) is 26.7 Å². The van der Waals surface area contributed by atoms with Crippen LogP contribution in [0.5, 0.6) is 0 Å². The van der Waals surface area contributed by atoms with E-state index in [0.29, 0.717) is 0 Å². The van der Waals surface area contributed by atoms with Crippen molar-refractivity contribution in [2.45, 2.75) is 38.6 Å². The highest BCUT2D eigenvalue weighted by Gasteiger charge is 2.34. The number of nitrogens with zero attached hydrogens (tertiary/aromatic N) is 1. The molecule has 0 bridgehead atoms. The van der Waals surface area contributed by atoms with Gasteiger partial charge in [0.25, 0.3) is 0 Å². The van der Waals surface area contributed by atoms with Gasteiger partial charge in [0, 0.05) is 31.1 Å². The van der Waals surface area contributed by atoms with Crippen LogP contribution in [0.4, 0.5) is 0 Å². The first-order valence-corrected chi connectivity index (χ1v) is 7.49. The fraction of sp³-hybridized carbons (Fsp3) is 0.647. The molecule has 0 amide bonds. The van der Waals surface area contributed by atoms with Crippen molar-refractivity contribution in [1.82, 2.24) is 10.2 Å². The van der Waals surface area contributed by atoms with Gasteiger partial charge in [-0.15, -0.1) is 0 Å². The van der Waals surface area contributed by atoms with Gasteiger partial charge in [-0.05, 0) is 31.9 Å². The minimum absolute atomic E-state index is 0.189. The van der Waals surface area contributed by atoms with E-state index >= 15 is 0 Å². The number of likely N-dealkylation sites (tertiary alicyclic amines) is 1. The summed E-state index contributed by atoms with van der Waals surface area (Å²) in [5, 5.41) is 3.38. The maximum Gasteiger partial charge on any atom is 0.0177 e. The zero-order valence-electron chi connectivity index (χ0n) is 12.8. The third kappa shape index (κ3) is 3.37. The Bertz CT molecular complexity index is 390. The van der Waals surface area contributed by atoms with E-state index in [2.05, 4.69) is 68.4 Å². The van der Waals surface area contributed by atoms with Crippen LogP contribution in [0.1, 0.15) is 32.8 Å². The lowest BCUT2D eigenvalue weighted by atomic mass is 9.81. The largest absolute Gasteiger partial charge is 0.319 e. The Morgan fingerprint density at radius 3 is 2.47 bits per heavy atom. The predicted octanol–water partition coefficient (Wildman–Crippen LogP) is 2.89. The normalized spacial score (nSPS) is 27.4. The van der Waals surface area contributed by atoms with E-state index in [9.17, 15) is 0 Å². The summed E-state index contributed by atoms with van der Waals surface area (Å²) in [6.45, 7) is 10.5. The maximum absolute atomic E-state index is 3.38. The van der Waals surface area contributed by atoms with Crippen LogP contribution in [0.3, 0.4) is 0 Å². The van der Waals surface area contributed by atoms with Gasteiger partial charge in [-0.1, -0.05) is 44.2 Å². The average molecular weight is 260 g/mol. The Labute approximate surface area is 118 Å². The summed E-state index contributed by atoms with van der Waals surface area (Å²) in [7, 11) is 2.05. The summed E-state index contributed by atoms with van der Waals surface area (Å²) in [4.78, 5) is 2.66. The summed E-state index contributed by atoms with van der Waals surface area (Å²) in [5.41, 5.74) is 1.63. The van der Waals surface area contributed by atoms with E-state index in [1.54, 1.807) is 0 Å². The van der Waals surface area contributed by atoms with Crippen molar-refractivity contribution in [3.8, 4) is 0 Å². The molecule has 3 atom stereocenters. The molecule has 1 fully saturated rings. The monoisotopic (exact) mass is 260 g/mol. The highest BCUT2D eigenvalue weighted by Crippen LogP contribution is 2.30. The van der Waals surface area contributed by atoms with Crippen LogP contribution < -0.4 is 5.32 Å². The van der Waals surface area contributed by atoms with Crippen LogP contribution >= 0.6 is 0 Å². The van der Waals surface area contributed by atoms with Crippen LogP contribution in [0.25, 0.3) is 0 Å². The van der Waals surface area contributed by atoms with Crippen molar-refractivity contribution < 1.29 is 0 Å². The van der Waals surface area contributed by atoms with Crippen LogP contribution in [0.15, 0.2) is 30.3 Å². The number of benzene rings is 1. The zero-order valence-corrected chi connectivity index (χ0v) is 12.8. The quantitative estimate of drug-likeness (QED) is 0.876. The molecule has 2 nitrogen and oxygen atoms in total. The maximum atomic E-state index is 3.38. The van der Waals surface area contributed by atoms with Gasteiger partial charge in [-0.2, -0.15) is 0 Å². The van der Waals surface area contributed by atoms with Crippen molar-refractivity contribution in [3.63, 3.8) is 0 Å². The van der Waals surface area contributed by atoms with Crippen molar-refractivity contribution in [3.05, 3.63) is 35.9 Å². The zero-order chi connectivity index (χ0) is 13.9. The number of likely N-dealkylation sites (N-methyl/N-ethyl adjacent to an activating group) is 1. The van der Waals surface area contributed by atoms with Gasteiger partial charge < -0.3 is 5.32 Å². The van der Waals surface area contributed by atoms with E-state index < -0.39 is 0 Å². The topological polar surface area (TPSA) is 15.3 Å². The summed E-state index contributed by atoms with van der Waals surface area (Å²) >= 11 is 0. The van der Waals surface area contributed by atoms with Gasteiger partial charge in [0.15, 0.2) is 0 Å². The fourth-order valence-corrected chi connectivity index (χ4v) is 3.53. The molecule has 1 saturated heterocycles. The fourth-order valence-electron chi connectivity index (χ4n) is 3.53. The molecule has 19 heavy (non-hydrogen) atoms. The van der Waals surface area contributed by atoms with E-state index in [0.717, 1.165) is 25.0 Å². The molecule has 0 spiro atoms. The molecule has 1 heterocycles. The lowest BCUT2D eigenvalue weighted by Gasteiger charge is -2.36. The van der Waals surface area contributed by atoms with Gasteiger partial charge in [-0.25, -0.2) is 0 Å². The van der Waals surface area contributed by atoms with E-state index in [-0.39, 0.29) is 5.41 Å². The van der Waals surface area contributed by atoms with Crippen molar-refractivity contribution in [1.29, 1.82) is 0 Å². The average Bonchev–Trinajstić information content (AvgIpc) is 2.69. The van der Waals surface area contributed by atoms with Crippen LogP contribution in [-0.4, -0.2) is 37.6 Å². The van der Waals surface area contributed by atoms with Crippen LogP contribution in [0.2, 0.25) is 0 Å². The second kappa shape index (κ2) is 6.06. The van der Waals surface area contributed by atoms with Gasteiger partial charge >= 0.3 is 0 Å². The SMILES string of the molecule is CNCC(C)(CN1CC(C)CC1C)c1ccccc1. The molecule has 0 saturated carbocycles. The molecule has 0 aromatic heterocycles. The van der Waals surface area contributed by atoms with Crippen LogP contribution in [-0.2, 0) is 5.41 Å². The molecule has 106 valence electrons. The third-order valence-corrected chi connectivity index (χ3v) is 4.50. The summed E-state index contributed by atoms with van der Waals surface area (Å²) in [6.07, 6.45) is 1.34. The second-order valence-corrected chi connectivity index (χ2v) is 6.58. The molecule has 0 aliphatic carbocycles. The molecular weight excluding hydrogens is 232 g/mol. The molecule has 3 unspecified atom stereocenters. The van der Waals surface area contributed by atoms with Gasteiger partial charge in [-0.3, -0.25) is 4.90 Å². The van der Waals surface area contributed by atoms with Gasteiger partial charge in [0.2, 0.25) is 0 Å². The molecule has 1 aromatic rings. The molecular formula is C17H28N2. The first-order valence-electron chi connectivity index (χ1n) is 7.49. The molecule has 2 heteroatoms. The molecule has 1 N–H and O–H groups in total. The Kier molecular flexibility index (Phi) is 4.64. The summed E-state index contributed by atoms with van der Waals surface area (Å²) < 4.78 is 0. The molecule has 2 rings (SSSR count). The van der Waals surface area contributed by atoms with Crippen molar-refractivity contribution in [2.24, 2.45) is 5.92 Å². The second-order valence-electron chi connectivity index (χ2n) is 6.58. The van der Waals surface area contributed by atoms with Gasteiger partial charge in [0.1, 0.15) is 0 Å². The lowest BCUT2D eigenvalue weighted by molar-refractivity contribution is 0.204. The Morgan fingerprint density at radius 1 is 1.26 bits per heavy atom. The molecule has 1 aliphatic rings. The molecule has 1 aromatic carbocycles. The highest BCUT2D eigenvalue weighted by atomic mass is 15.2. The number of rotatable bonds is 5. The number of hydrogen-bond donors (Lipinski definition) is 1. The first-order chi connectivity index (χ1) is 9.05. The predicted molar refractivity (Wildman–Crippen MR) is 82.5 cm³/mol. The highest BCUT2D eigenvalue weighted by molar-refractivity contribution is 5.26. The molecule has 1 aliphatic heterocycles. The third-order valence-electron chi connectivity index (χ3n) is 4.50. The minimum atomic E-state index is 0.189. The number of nitrogens with one attached hydrogen (secondary N) is 1. The smallest absolute Gasteiger partial charge is 0.0177 e. The summed E-state index contributed by atoms with van der Waals surface area (Å²) in [5.74, 6) is 0.838. The van der Waals surface area contributed by atoms with E-state index in [4.69, 9.17) is 0 Å². The van der Waals surface area contributed by atoms with E-state index in [1.165, 1.54) is 18.5 Å². The Morgan fingerprint density at radius 2 is 1.95 bits per heavy atom. The standard InChI is InChI=1S/C17H28N2/c1-14-10-15(2)19(11-14)13-17(3,12-18-4)16-8-6-5-7-9-16/h5-9,14-15,18H,10-13H2,1-4H3. The van der Waals surface area contributed by atoms with Crippen molar-refractivity contribution >= 4 is 0 Å². The first kappa shape index (κ1) is 14.5. The number of hydrogen-bond acceptors (Lipinski definition) is 2. The van der Waals surface area contributed by atoms with Crippen LogP contribution in [0, 0.1) is 5.92 Å². The lowest BCUT2D eigenvalue weighted by Crippen LogP contribution is -2.46. The van der Waals surface area contributed by atoms with E-state index in [1.807, 2.05) is 0 Å². The molecule has 0 radical (unpaired) electrons. The Hall–Kier alpha value is -0.860.